The van der Waals surface area contributed by atoms with Gasteiger partial charge in [0.05, 0.1) is 0 Å². The highest BCUT2D eigenvalue weighted by Gasteiger charge is 2.40. The lowest BCUT2D eigenvalue weighted by Gasteiger charge is -2.27. The first-order valence-corrected chi connectivity index (χ1v) is 15.5. The van der Waals surface area contributed by atoms with Crippen LogP contribution in [0.15, 0.2) is 182 Å². The van der Waals surface area contributed by atoms with Gasteiger partial charge in [0.2, 0.25) is 0 Å². The van der Waals surface area contributed by atoms with Crippen molar-refractivity contribution in [3.8, 4) is 11.4 Å². The first-order valence-electron chi connectivity index (χ1n) is 15.5. The van der Waals surface area contributed by atoms with E-state index in [0.717, 1.165) is 28.2 Å². The molecule has 45 heavy (non-hydrogen) atoms. The fourth-order valence-corrected chi connectivity index (χ4v) is 6.40. The lowest BCUT2D eigenvalue weighted by atomic mass is 9.84. The predicted octanol–water partition coefficient (Wildman–Crippen LogP) is 10.0. The highest BCUT2D eigenvalue weighted by Crippen LogP contribution is 2.50. The van der Waals surface area contributed by atoms with E-state index in [4.69, 9.17) is 0 Å². The van der Waals surface area contributed by atoms with Crippen molar-refractivity contribution in [1.82, 2.24) is 4.57 Å². The van der Waals surface area contributed by atoms with Gasteiger partial charge in [0.25, 0.3) is 5.82 Å². The molecular formula is C42H36N3+. The molecule has 0 unspecified atom stereocenters. The highest BCUT2D eigenvalue weighted by molar-refractivity contribution is 5.80. The van der Waals surface area contributed by atoms with E-state index in [1.807, 2.05) is 0 Å². The van der Waals surface area contributed by atoms with Gasteiger partial charge in [-0.25, -0.2) is 0 Å². The molecule has 0 N–H and O–H groups in total. The molecule has 0 atom stereocenters. The fraction of sp³-hybridized carbons (Fsp3) is 0.0714. The molecule has 0 saturated heterocycles. The summed E-state index contributed by atoms with van der Waals surface area (Å²) in [4.78, 5) is 2.38. The van der Waals surface area contributed by atoms with Gasteiger partial charge < -0.3 is 4.90 Å². The van der Waals surface area contributed by atoms with E-state index < -0.39 is 0 Å². The lowest BCUT2D eigenvalue weighted by molar-refractivity contribution is -0.570. The number of nitrogens with zero attached hydrogens (tertiary/aromatic N) is 3. The molecule has 218 valence electrons. The summed E-state index contributed by atoms with van der Waals surface area (Å²) in [6.45, 7) is 4.61. The Hall–Kier alpha value is -5.67. The molecule has 1 aliphatic heterocycles. The molecule has 3 heteroatoms. The first-order chi connectivity index (χ1) is 22.1. The van der Waals surface area contributed by atoms with Crippen molar-refractivity contribution in [2.45, 2.75) is 19.3 Å². The Morgan fingerprint density at radius 2 is 1.13 bits per heavy atom. The topological polar surface area (TPSA) is 12.0 Å². The number of fused-ring (bicyclic) bond motifs is 2. The SMILES string of the molecule is CC1(C)/C(=C/C=C/C=C/C=C/c2n(-c3ccccc3)c3ccccc3[n+]2-c2ccccc2)N(c2ccccc2)c2ccccc21. The van der Waals surface area contributed by atoms with Crippen molar-refractivity contribution in [3.05, 3.63) is 193 Å². The van der Waals surface area contributed by atoms with Crippen LogP contribution < -0.4 is 9.47 Å². The summed E-state index contributed by atoms with van der Waals surface area (Å²) < 4.78 is 4.65. The van der Waals surface area contributed by atoms with Crippen LogP contribution in [0.3, 0.4) is 0 Å². The molecule has 0 bridgehead atoms. The van der Waals surface area contributed by atoms with E-state index in [1.165, 1.54) is 22.6 Å². The third-order valence-electron chi connectivity index (χ3n) is 8.51. The van der Waals surface area contributed by atoms with E-state index in [2.05, 4.69) is 210 Å². The van der Waals surface area contributed by atoms with E-state index in [-0.39, 0.29) is 5.41 Å². The van der Waals surface area contributed by atoms with Gasteiger partial charge in [-0.3, -0.25) is 0 Å². The van der Waals surface area contributed by atoms with E-state index in [0.29, 0.717) is 0 Å². The molecule has 0 amide bonds. The zero-order valence-electron chi connectivity index (χ0n) is 25.7. The minimum atomic E-state index is -0.115. The van der Waals surface area contributed by atoms with Crippen LogP contribution in [0.5, 0.6) is 0 Å². The van der Waals surface area contributed by atoms with Crippen LogP contribution >= 0.6 is 0 Å². The number of hydrogen-bond donors (Lipinski definition) is 0. The third kappa shape index (κ3) is 5.23. The number of anilines is 2. The number of para-hydroxylation sites is 6. The summed E-state index contributed by atoms with van der Waals surface area (Å²) in [5.74, 6) is 1.08. The minimum Gasteiger partial charge on any atom is -0.313 e. The normalized spacial score (nSPS) is 15.2. The Bertz CT molecular complexity index is 1980. The lowest BCUT2D eigenvalue weighted by Crippen LogP contribution is -2.33. The number of benzene rings is 5. The first kappa shape index (κ1) is 28.1. The minimum absolute atomic E-state index is 0.115. The second-order valence-electron chi connectivity index (χ2n) is 11.7. The summed E-state index contributed by atoms with van der Waals surface area (Å²) in [6, 6.07) is 49.1. The van der Waals surface area contributed by atoms with Crippen molar-refractivity contribution in [1.29, 1.82) is 0 Å². The molecule has 7 rings (SSSR count). The number of hydrogen-bond acceptors (Lipinski definition) is 1. The van der Waals surface area contributed by atoms with Gasteiger partial charge in [-0.15, -0.1) is 0 Å². The van der Waals surface area contributed by atoms with Crippen LogP contribution in [0.4, 0.5) is 11.4 Å². The van der Waals surface area contributed by atoms with Gasteiger partial charge in [0, 0.05) is 28.6 Å². The second kappa shape index (κ2) is 12.1. The summed E-state index contributed by atoms with van der Waals surface area (Å²) in [7, 11) is 0. The molecule has 0 radical (unpaired) electrons. The third-order valence-corrected chi connectivity index (χ3v) is 8.51. The van der Waals surface area contributed by atoms with Gasteiger partial charge in [0.15, 0.2) is 11.0 Å². The smallest absolute Gasteiger partial charge is 0.292 e. The number of rotatable bonds is 7. The molecule has 6 aromatic rings. The maximum absolute atomic E-state index is 2.38. The summed E-state index contributed by atoms with van der Waals surface area (Å²) in [6.07, 6.45) is 15.0. The van der Waals surface area contributed by atoms with Gasteiger partial charge >= 0.3 is 0 Å². The number of aromatic nitrogens is 2. The maximum Gasteiger partial charge on any atom is 0.292 e. The van der Waals surface area contributed by atoms with Crippen LogP contribution in [-0.2, 0) is 5.41 Å². The van der Waals surface area contributed by atoms with Gasteiger partial charge in [-0.1, -0.05) is 129 Å². The van der Waals surface area contributed by atoms with Crippen molar-refractivity contribution < 1.29 is 4.57 Å². The Balaban J connectivity index is 1.22. The average molecular weight is 583 g/mol. The molecule has 0 saturated carbocycles. The van der Waals surface area contributed by atoms with Crippen LogP contribution in [-0.4, -0.2) is 4.57 Å². The molecule has 0 spiro atoms. The molecule has 1 aromatic heterocycles. The standard InChI is InChI=1S/C42H36N3/c1-42(2)36-27-17-18-28-37(36)43(33-21-9-6-10-22-33)40(42)31-15-4-3-5-16-32-41-44(34-23-11-7-12-24-34)38-29-19-20-30-39(38)45(41)35-25-13-8-14-26-35/h3-32H,1-2H3/q+1. The van der Waals surface area contributed by atoms with Crippen LogP contribution in [0.1, 0.15) is 25.2 Å². The Labute approximate surface area is 265 Å². The highest BCUT2D eigenvalue weighted by atomic mass is 15.2. The number of allylic oxidation sites excluding steroid dienone is 7. The second-order valence-corrected chi connectivity index (χ2v) is 11.7. The molecule has 1 aliphatic rings. The van der Waals surface area contributed by atoms with Gasteiger partial charge in [-0.05, 0) is 66.2 Å². The van der Waals surface area contributed by atoms with Crippen LogP contribution in [0.25, 0.3) is 28.5 Å². The molecular weight excluding hydrogens is 546 g/mol. The van der Waals surface area contributed by atoms with Crippen molar-refractivity contribution in [2.24, 2.45) is 0 Å². The zero-order chi connectivity index (χ0) is 30.6. The summed E-state index contributed by atoms with van der Waals surface area (Å²) in [5.41, 5.74) is 9.47. The average Bonchev–Trinajstić information content (AvgIpc) is 3.53. The van der Waals surface area contributed by atoms with E-state index in [1.54, 1.807) is 0 Å². The maximum atomic E-state index is 2.38. The number of imidazole rings is 1. The van der Waals surface area contributed by atoms with E-state index >= 15 is 0 Å². The predicted molar refractivity (Wildman–Crippen MR) is 188 cm³/mol. The zero-order valence-corrected chi connectivity index (χ0v) is 25.7. The van der Waals surface area contributed by atoms with E-state index in [9.17, 15) is 0 Å². The molecule has 0 fully saturated rings. The van der Waals surface area contributed by atoms with Crippen LogP contribution in [0, 0.1) is 0 Å². The molecule has 3 nitrogen and oxygen atoms in total. The van der Waals surface area contributed by atoms with Crippen molar-refractivity contribution in [3.63, 3.8) is 0 Å². The fourth-order valence-electron chi connectivity index (χ4n) is 6.40. The van der Waals surface area contributed by atoms with Crippen molar-refractivity contribution in [2.75, 3.05) is 4.90 Å². The monoisotopic (exact) mass is 582 g/mol. The molecule has 0 aliphatic carbocycles. The summed E-state index contributed by atoms with van der Waals surface area (Å²) in [5, 5.41) is 0. The summed E-state index contributed by atoms with van der Waals surface area (Å²) >= 11 is 0. The Morgan fingerprint density at radius 3 is 1.89 bits per heavy atom. The largest absolute Gasteiger partial charge is 0.313 e. The molecule has 2 heterocycles. The Morgan fingerprint density at radius 1 is 0.556 bits per heavy atom. The van der Waals surface area contributed by atoms with Gasteiger partial charge in [-0.2, -0.15) is 9.13 Å². The van der Waals surface area contributed by atoms with Crippen LogP contribution in [0.2, 0.25) is 0 Å². The molecule has 5 aromatic carbocycles. The van der Waals surface area contributed by atoms with Gasteiger partial charge in [0.1, 0.15) is 11.4 Å². The Kier molecular flexibility index (Phi) is 7.59. The quantitative estimate of drug-likeness (QED) is 0.135. The van der Waals surface area contributed by atoms with Crippen molar-refractivity contribution >= 4 is 28.5 Å².